The highest BCUT2D eigenvalue weighted by Crippen LogP contribution is 2.26. The van der Waals surface area contributed by atoms with E-state index in [0.717, 1.165) is 23.9 Å². The van der Waals surface area contributed by atoms with E-state index in [1.807, 2.05) is 0 Å². The Labute approximate surface area is 114 Å². The van der Waals surface area contributed by atoms with Gasteiger partial charge in [-0.1, -0.05) is 33.1 Å². The van der Waals surface area contributed by atoms with Crippen LogP contribution in [0.5, 0.6) is 0 Å². The summed E-state index contributed by atoms with van der Waals surface area (Å²) in [7, 11) is 0. The molecule has 1 saturated heterocycles. The molecule has 1 aliphatic heterocycles. The van der Waals surface area contributed by atoms with E-state index in [1.165, 1.54) is 58.2 Å². The average Bonchev–Trinajstić information content (AvgIpc) is 2.36. The molecule has 0 aromatic carbocycles. The maximum absolute atomic E-state index is 3.78. The van der Waals surface area contributed by atoms with E-state index in [4.69, 9.17) is 0 Å². The number of likely N-dealkylation sites (tertiary alicyclic amines) is 1. The Balaban J connectivity index is 1.68. The zero-order valence-electron chi connectivity index (χ0n) is 12.6. The first kappa shape index (κ1) is 14.3. The molecule has 0 spiro atoms. The van der Waals surface area contributed by atoms with Crippen LogP contribution < -0.4 is 5.32 Å². The normalized spacial score (nSPS) is 35.8. The van der Waals surface area contributed by atoms with Crippen molar-refractivity contribution in [1.29, 1.82) is 0 Å². The molecular weight excluding hydrogens is 220 g/mol. The van der Waals surface area contributed by atoms with E-state index in [0.29, 0.717) is 0 Å². The van der Waals surface area contributed by atoms with Crippen LogP contribution in [0.2, 0.25) is 0 Å². The van der Waals surface area contributed by atoms with Gasteiger partial charge < -0.3 is 5.32 Å². The second-order valence-corrected chi connectivity index (χ2v) is 6.84. The Hall–Kier alpha value is -0.0800. The second-order valence-electron chi connectivity index (χ2n) is 6.84. The van der Waals surface area contributed by atoms with Crippen LogP contribution in [-0.4, -0.2) is 36.6 Å². The number of rotatable bonds is 4. The minimum atomic E-state index is 0.773. The van der Waals surface area contributed by atoms with Crippen molar-refractivity contribution in [2.75, 3.05) is 19.6 Å². The van der Waals surface area contributed by atoms with Crippen molar-refractivity contribution in [1.82, 2.24) is 10.2 Å². The van der Waals surface area contributed by atoms with E-state index in [-0.39, 0.29) is 0 Å². The molecule has 1 N–H and O–H groups in total. The lowest BCUT2D eigenvalue weighted by atomic mass is 9.86. The van der Waals surface area contributed by atoms with E-state index in [1.54, 1.807) is 0 Å². The van der Waals surface area contributed by atoms with Crippen LogP contribution >= 0.6 is 0 Å². The predicted octanol–water partition coefficient (Wildman–Crippen LogP) is 3.28. The van der Waals surface area contributed by atoms with Crippen LogP contribution in [0.25, 0.3) is 0 Å². The topological polar surface area (TPSA) is 15.3 Å². The number of hydrogen-bond donors (Lipinski definition) is 1. The molecule has 3 unspecified atom stereocenters. The fraction of sp³-hybridized carbons (Fsp3) is 1.00. The molecule has 2 nitrogen and oxygen atoms in total. The molecule has 1 saturated carbocycles. The number of nitrogens with one attached hydrogen (secondary N) is 1. The number of piperidine rings is 1. The maximum atomic E-state index is 3.78. The molecule has 2 fully saturated rings. The molecule has 0 aromatic rings. The summed E-state index contributed by atoms with van der Waals surface area (Å²) in [5.41, 5.74) is 0. The van der Waals surface area contributed by atoms with Gasteiger partial charge in [0, 0.05) is 31.7 Å². The first-order valence-corrected chi connectivity index (χ1v) is 8.14. The monoisotopic (exact) mass is 252 g/mol. The number of nitrogens with zero attached hydrogens (tertiary/aromatic N) is 1. The van der Waals surface area contributed by atoms with Gasteiger partial charge in [0.1, 0.15) is 0 Å². The van der Waals surface area contributed by atoms with E-state index >= 15 is 0 Å². The Morgan fingerprint density at radius 3 is 2.50 bits per heavy atom. The van der Waals surface area contributed by atoms with Crippen LogP contribution in [-0.2, 0) is 0 Å². The summed E-state index contributed by atoms with van der Waals surface area (Å²) in [5.74, 6) is 1.74. The van der Waals surface area contributed by atoms with E-state index in [9.17, 15) is 0 Å². The highest BCUT2D eigenvalue weighted by Gasteiger charge is 2.28. The molecule has 1 aliphatic carbocycles. The zero-order valence-corrected chi connectivity index (χ0v) is 12.6. The summed E-state index contributed by atoms with van der Waals surface area (Å²) in [6.45, 7) is 11.0. The predicted molar refractivity (Wildman–Crippen MR) is 78.9 cm³/mol. The summed E-state index contributed by atoms with van der Waals surface area (Å²) in [5, 5.41) is 3.78. The molecule has 0 bridgehead atoms. The van der Waals surface area contributed by atoms with E-state index < -0.39 is 0 Å². The van der Waals surface area contributed by atoms with Crippen LogP contribution in [0.4, 0.5) is 0 Å². The minimum Gasteiger partial charge on any atom is -0.313 e. The SMILES string of the molecule is CC1CC(C)C(C)N(CCNC2CCCCC2)C1. The maximum Gasteiger partial charge on any atom is 0.0110 e. The summed E-state index contributed by atoms with van der Waals surface area (Å²) in [4.78, 5) is 2.70. The molecular formula is C16H32N2. The van der Waals surface area contributed by atoms with Crippen LogP contribution in [0.15, 0.2) is 0 Å². The lowest BCUT2D eigenvalue weighted by molar-refractivity contribution is 0.0795. The Morgan fingerprint density at radius 1 is 1.06 bits per heavy atom. The van der Waals surface area contributed by atoms with Crippen molar-refractivity contribution in [2.24, 2.45) is 11.8 Å². The lowest BCUT2D eigenvalue weighted by Crippen LogP contribution is -2.48. The lowest BCUT2D eigenvalue weighted by Gasteiger charge is -2.41. The zero-order chi connectivity index (χ0) is 13.0. The third-order valence-electron chi connectivity index (χ3n) is 5.16. The summed E-state index contributed by atoms with van der Waals surface area (Å²) in [6, 6.07) is 1.59. The largest absolute Gasteiger partial charge is 0.313 e. The summed E-state index contributed by atoms with van der Waals surface area (Å²) < 4.78 is 0. The van der Waals surface area contributed by atoms with Crippen molar-refractivity contribution < 1.29 is 0 Å². The molecule has 18 heavy (non-hydrogen) atoms. The minimum absolute atomic E-state index is 0.773. The van der Waals surface area contributed by atoms with Gasteiger partial charge in [-0.25, -0.2) is 0 Å². The van der Waals surface area contributed by atoms with Crippen LogP contribution in [0.1, 0.15) is 59.3 Å². The Kier molecular flexibility index (Phi) is 5.50. The van der Waals surface area contributed by atoms with Crippen molar-refractivity contribution in [3.8, 4) is 0 Å². The standard InChI is InChI=1S/C16H32N2/c1-13-11-14(2)15(3)18(12-13)10-9-17-16-7-5-4-6-8-16/h13-17H,4-12H2,1-3H3. The van der Waals surface area contributed by atoms with E-state index in [2.05, 4.69) is 31.0 Å². The van der Waals surface area contributed by atoms with Crippen molar-refractivity contribution in [2.45, 2.75) is 71.4 Å². The van der Waals surface area contributed by atoms with Gasteiger partial charge in [0.2, 0.25) is 0 Å². The highest BCUT2D eigenvalue weighted by atomic mass is 15.2. The molecule has 1 heterocycles. The Morgan fingerprint density at radius 2 is 1.78 bits per heavy atom. The van der Waals surface area contributed by atoms with Gasteiger partial charge in [0.15, 0.2) is 0 Å². The Bertz CT molecular complexity index is 235. The quantitative estimate of drug-likeness (QED) is 0.826. The molecule has 2 aliphatic rings. The van der Waals surface area contributed by atoms with Crippen molar-refractivity contribution in [3.05, 3.63) is 0 Å². The number of hydrogen-bond acceptors (Lipinski definition) is 2. The smallest absolute Gasteiger partial charge is 0.0110 e. The summed E-state index contributed by atoms with van der Waals surface area (Å²) in [6.07, 6.45) is 8.55. The molecule has 2 heteroatoms. The molecule has 0 aromatic heterocycles. The van der Waals surface area contributed by atoms with Crippen LogP contribution in [0, 0.1) is 11.8 Å². The van der Waals surface area contributed by atoms with Crippen molar-refractivity contribution in [3.63, 3.8) is 0 Å². The first-order valence-electron chi connectivity index (χ1n) is 8.14. The molecule has 3 atom stereocenters. The molecule has 0 radical (unpaired) electrons. The van der Waals surface area contributed by atoms with Gasteiger partial charge in [-0.2, -0.15) is 0 Å². The van der Waals surface area contributed by atoms with Gasteiger partial charge in [0.05, 0.1) is 0 Å². The third-order valence-corrected chi connectivity index (χ3v) is 5.16. The third kappa shape index (κ3) is 3.96. The van der Waals surface area contributed by atoms with Gasteiger partial charge >= 0.3 is 0 Å². The molecule has 106 valence electrons. The van der Waals surface area contributed by atoms with Gasteiger partial charge in [0.25, 0.3) is 0 Å². The first-order chi connectivity index (χ1) is 8.66. The summed E-state index contributed by atoms with van der Waals surface area (Å²) >= 11 is 0. The fourth-order valence-electron chi connectivity index (χ4n) is 3.85. The fourth-order valence-corrected chi connectivity index (χ4v) is 3.85. The van der Waals surface area contributed by atoms with Crippen molar-refractivity contribution >= 4 is 0 Å². The van der Waals surface area contributed by atoms with Crippen LogP contribution in [0.3, 0.4) is 0 Å². The van der Waals surface area contributed by atoms with Gasteiger partial charge in [-0.3, -0.25) is 4.90 Å². The average molecular weight is 252 g/mol. The highest BCUT2D eigenvalue weighted by molar-refractivity contribution is 4.82. The molecule has 0 amide bonds. The second kappa shape index (κ2) is 6.91. The molecule has 2 rings (SSSR count). The van der Waals surface area contributed by atoms with Gasteiger partial charge in [-0.15, -0.1) is 0 Å². The van der Waals surface area contributed by atoms with Gasteiger partial charge in [-0.05, 0) is 38.0 Å².